The summed E-state index contributed by atoms with van der Waals surface area (Å²) in [6.07, 6.45) is 0. The zero-order valence-corrected chi connectivity index (χ0v) is 17.8. The number of rotatable bonds is 4. The summed E-state index contributed by atoms with van der Waals surface area (Å²) in [5.41, 5.74) is 2.40. The molecule has 0 amide bonds. The number of phenols is 1. The first-order valence-corrected chi connectivity index (χ1v) is 10.6. The molecule has 0 aliphatic heterocycles. The number of hydrogen-bond acceptors (Lipinski definition) is 7. The van der Waals surface area contributed by atoms with Gasteiger partial charge in [-0.1, -0.05) is 24.3 Å². The molecule has 0 fully saturated rings. The van der Waals surface area contributed by atoms with Crippen molar-refractivity contribution in [3.63, 3.8) is 0 Å². The molecule has 5 aromatic rings. The van der Waals surface area contributed by atoms with Gasteiger partial charge < -0.3 is 14.3 Å². The number of phenolic OH excluding ortho intramolecular Hbond substituents is 1. The third-order valence-corrected chi connectivity index (χ3v) is 6.23. The number of benzene rings is 3. The smallest absolute Gasteiger partial charge is 0.348 e. The molecule has 1 N–H and O–H groups in total. The maximum Gasteiger partial charge on any atom is 0.348 e. The number of hydrogen-bond donors (Lipinski definition) is 1. The minimum absolute atomic E-state index is 0.171. The molecule has 32 heavy (non-hydrogen) atoms. The molecular weight excluding hydrogens is 424 g/mol. The van der Waals surface area contributed by atoms with E-state index in [-0.39, 0.29) is 29.1 Å². The Kier molecular flexibility index (Phi) is 4.85. The second kappa shape index (κ2) is 7.84. The number of thiazole rings is 1. The maximum atomic E-state index is 12.8. The minimum atomic E-state index is -0.617. The Labute approximate surface area is 186 Å². The Morgan fingerprint density at radius 2 is 2.00 bits per heavy atom. The summed E-state index contributed by atoms with van der Waals surface area (Å²) in [6, 6.07) is 20.1. The lowest BCUT2D eigenvalue weighted by Crippen LogP contribution is -2.06. The van der Waals surface area contributed by atoms with Gasteiger partial charge in [0.1, 0.15) is 40.3 Å². The van der Waals surface area contributed by atoms with Gasteiger partial charge in [-0.05, 0) is 48.4 Å². The van der Waals surface area contributed by atoms with Crippen molar-refractivity contribution in [2.45, 2.75) is 13.5 Å². The molecule has 0 atom stereocenters. The van der Waals surface area contributed by atoms with Crippen molar-refractivity contribution in [1.29, 1.82) is 5.26 Å². The average molecular weight is 440 g/mol. The highest BCUT2D eigenvalue weighted by Gasteiger charge is 2.20. The zero-order chi connectivity index (χ0) is 22.2. The van der Waals surface area contributed by atoms with Crippen LogP contribution in [0.3, 0.4) is 0 Å². The van der Waals surface area contributed by atoms with Crippen molar-refractivity contribution >= 4 is 32.5 Å². The number of fused-ring (bicyclic) bond motifs is 2. The number of ether oxygens (including phenoxy) is 1. The number of aromatic nitrogens is 1. The Balaban J connectivity index is 1.53. The van der Waals surface area contributed by atoms with Crippen LogP contribution in [0, 0.1) is 18.3 Å². The first-order valence-electron chi connectivity index (χ1n) is 9.81. The molecule has 0 radical (unpaired) electrons. The lowest BCUT2D eigenvalue weighted by atomic mass is 10.1. The Bertz CT molecular complexity index is 1560. The number of nitrogens with zero attached hydrogens (tertiary/aromatic N) is 2. The predicted octanol–water partition coefficient (Wildman–Crippen LogP) is 5.53. The molecule has 3 aromatic carbocycles. The van der Waals surface area contributed by atoms with Gasteiger partial charge in [-0.15, -0.1) is 11.3 Å². The second-order valence-corrected chi connectivity index (χ2v) is 8.34. The summed E-state index contributed by atoms with van der Waals surface area (Å²) in [5, 5.41) is 20.7. The van der Waals surface area contributed by atoms with Crippen LogP contribution in [0.5, 0.6) is 11.5 Å². The molecule has 2 heterocycles. The molecule has 0 aliphatic carbocycles. The standard InChI is InChI=1S/C25H16N2O4S/c1-14-6-7-15(10-20(14)28)13-30-16-8-9-17-18(12-26)23(25(29)31-21(17)11-16)24-27-19-4-2-3-5-22(19)32-24/h2-11,28H,13H2,1H3. The van der Waals surface area contributed by atoms with E-state index in [1.54, 1.807) is 24.3 Å². The monoisotopic (exact) mass is 440 g/mol. The Hall–Kier alpha value is -4.15. The van der Waals surface area contributed by atoms with Crippen molar-refractivity contribution in [3.8, 4) is 28.1 Å². The first kappa shape index (κ1) is 19.8. The van der Waals surface area contributed by atoms with Gasteiger partial charge in [0.15, 0.2) is 0 Å². The van der Waals surface area contributed by atoms with Crippen LogP contribution in [0.1, 0.15) is 16.7 Å². The lowest BCUT2D eigenvalue weighted by Gasteiger charge is -2.09. The van der Waals surface area contributed by atoms with Crippen molar-refractivity contribution in [2.24, 2.45) is 0 Å². The molecule has 0 saturated heterocycles. The van der Waals surface area contributed by atoms with E-state index in [1.165, 1.54) is 11.3 Å². The molecule has 0 saturated carbocycles. The quantitative estimate of drug-likeness (QED) is 0.369. The highest BCUT2D eigenvalue weighted by Crippen LogP contribution is 2.33. The molecule has 6 nitrogen and oxygen atoms in total. The van der Waals surface area contributed by atoms with Crippen LogP contribution in [0.25, 0.3) is 31.8 Å². The minimum Gasteiger partial charge on any atom is -0.508 e. The van der Waals surface area contributed by atoms with E-state index in [1.807, 2.05) is 43.3 Å². The third kappa shape index (κ3) is 3.47. The van der Waals surface area contributed by atoms with Gasteiger partial charge in [0.05, 0.1) is 15.8 Å². The number of nitriles is 1. The fourth-order valence-corrected chi connectivity index (χ4v) is 4.48. The molecule has 0 bridgehead atoms. The van der Waals surface area contributed by atoms with Gasteiger partial charge in [-0.25, -0.2) is 9.78 Å². The van der Waals surface area contributed by atoms with Gasteiger partial charge in [0, 0.05) is 11.5 Å². The van der Waals surface area contributed by atoms with Gasteiger partial charge in [-0.3, -0.25) is 0 Å². The van der Waals surface area contributed by atoms with Crippen molar-refractivity contribution < 1.29 is 14.3 Å². The fraction of sp³-hybridized carbons (Fsp3) is 0.0800. The number of aromatic hydroxyl groups is 1. The summed E-state index contributed by atoms with van der Waals surface area (Å²) in [5.74, 6) is 0.689. The van der Waals surface area contributed by atoms with Crippen molar-refractivity contribution in [2.75, 3.05) is 0 Å². The largest absolute Gasteiger partial charge is 0.508 e. The molecule has 0 unspecified atom stereocenters. The maximum absolute atomic E-state index is 12.8. The molecular formula is C25H16N2O4S. The van der Waals surface area contributed by atoms with Gasteiger partial charge >= 0.3 is 5.63 Å². The molecule has 7 heteroatoms. The summed E-state index contributed by atoms with van der Waals surface area (Å²) in [6.45, 7) is 2.05. The summed E-state index contributed by atoms with van der Waals surface area (Å²) >= 11 is 1.35. The van der Waals surface area contributed by atoms with E-state index in [4.69, 9.17) is 9.15 Å². The summed E-state index contributed by atoms with van der Waals surface area (Å²) in [7, 11) is 0. The third-order valence-electron chi connectivity index (χ3n) is 5.18. The second-order valence-electron chi connectivity index (χ2n) is 7.31. The van der Waals surface area contributed by atoms with Crippen molar-refractivity contribution in [1.82, 2.24) is 4.98 Å². The van der Waals surface area contributed by atoms with Crippen LogP contribution in [0.15, 0.2) is 69.9 Å². The summed E-state index contributed by atoms with van der Waals surface area (Å²) < 4.78 is 12.3. The molecule has 5 rings (SSSR count). The highest BCUT2D eigenvalue weighted by molar-refractivity contribution is 7.21. The van der Waals surface area contributed by atoms with Crippen LogP contribution in [-0.2, 0) is 6.61 Å². The van der Waals surface area contributed by atoms with E-state index in [2.05, 4.69) is 11.1 Å². The van der Waals surface area contributed by atoms with Crippen LogP contribution >= 0.6 is 11.3 Å². The topological polar surface area (TPSA) is 96.4 Å². The molecule has 0 spiro atoms. The van der Waals surface area contributed by atoms with E-state index < -0.39 is 5.63 Å². The normalized spacial score (nSPS) is 11.0. The fourth-order valence-electron chi connectivity index (χ4n) is 3.47. The Morgan fingerprint density at radius 1 is 1.16 bits per heavy atom. The number of aryl methyl sites for hydroxylation is 1. The van der Waals surface area contributed by atoms with E-state index >= 15 is 0 Å². The van der Waals surface area contributed by atoms with Crippen LogP contribution in [0.2, 0.25) is 0 Å². The van der Waals surface area contributed by atoms with Gasteiger partial charge in [0.25, 0.3) is 0 Å². The Morgan fingerprint density at radius 3 is 2.78 bits per heavy atom. The van der Waals surface area contributed by atoms with Gasteiger partial charge in [0.2, 0.25) is 0 Å². The lowest BCUT2D eigenvalue weighted by molar-refractivity contribution is 0.305. The van der Waals surface area contributed by atoms with Crippen molar-refractivity contribution in [3.05, 3.63) is 87.8 Å². The predicted molar refractivity (Wildman–Crippen MR) is 123 cm³/mol. The first-order chi connectivity index (χ1) is 15.5. The van der Waals surface area contributed by atoms with E-state index in [0.29, 0.717) is 16.1 Å². The van der Waals surface area contributed by atoms with Crippen LogP contribution < -0.4 is 10.4 Å². The summed E-state index contributed by atoms with van der Waals surface area (Å²) in [4.78, 5) is 17.3. The van der Waals surface area contributed by atoms with E-state index in [9.17, 15) is 15.2 Å². The van der Waals surface area contributed by atoms with Crippen LogP contribution in [-0.4, -0.2) is 10.1 Å². The highest BCUT2D eigenvalue weighted by atomic mass is 32.1. The SMILES string of the molecule is Cc1ccc(COc2ccc3c(C#N)c(-c4nc5ccccc5s4)c(=O)oc3c2)cc1O. The zero-order valence-electron chi connectivity index (χ0n) is 17.0. The van der Waals surface area contributed by atoms with E-state index in [0.717, 1.165) is 21.3 Å². The van der Waals surface area contributed by atoms with Crippen LogP contribution in [0.4, 0.5) is 0 Å². The molecule has 0 aliphatic rings. The molecule has 2 aromatic heterocycles. The number of para-hydroxylation sites is 1. The average Bonchev–Trinajstić information content (AvgIpc) is 3.22. The van der Waals surface area contributed by atoms with Gasteiger partial charge in [-0.2, -0.15) is 5.26 Å². The molecule has 156 valence electrons.